The Bertz CT molecular complexity index is 538. The summed E-state index contributed by atoms with van der Waals surface area (Å²) in [5.41, 5.74) is -0.879. The summed E-state index contributed by atoms with van der Waals surface area (Å²) in [5.74, 6) is 0.585. The van der Waals surface area contributed by atoms with E-state index < -0.39 is 11.1 Å². The molecular formula is C12H17N3O3. The second-order valence-corrected chi connectivity index (χ2v) is 4.91. The Balaban J connectivity index is 1.89. The lowest BCUT2D eigenvalue weighted by atomic mass is 10.4. The highest BCUT2D eigenvalue weighted by Gasteiger charge is 2.23. The van der Waals surface area contributed by atoms with Gasteiger partial charge in [-0.1, -0.05) is 0 Å². The number of hydrogen-bond donors (Lipinski definition) is 0. The van der Waals surface area contributed by atoms with Gasteiger partial charge >= 0.3 is 11.1 Å². The monoisotopic (exact) mass is 251 g/mol. The van der Waals surface area contributed by atoms with Crippen LogP contribution >= 0.6 is 0 Å². The van der Waals surface area contributed by atoms with Gasteiger partial charge in [0.2, 0.25) is 0 Å². The van der Waals surface area contributed by atoms with Crippen molar-refractivity contribution < 1.29 is 4.74 Å². The zero-order valence-corrected chi connectivity index (χ0v) is 10.2. The standard InChI is InChI=1S/C12H17N3O3/c16-11-12(17)15(14-5-7-18-8-6-14)4-3-13(11)9-10-1-2-10/h3-4,10H,1-2,5-9H2. The van der Waals surface area contributed by atoms with Crippen molar-refractivity contribution in [3.63, 3.8) is 0 Å². The zero-order valence-electron chi connectivity index (χ0n) is 10.2. The fourth-order valence-corrected chi connectivity index (χ4v) is 2.21. The molecule has 0 spiro atoms. The van der Waals surface area contributed by atoms with Gasteiger partial charge in [-0.3, -0.25) is 9.59 Å². The maximum absolute atomic E-state index is 12.0. The summed E-state index contributed by atoms with van der Waals surface area (Å²) >= 11 is 0. The predicted molar refractivity (Wildman–Crippen MR) is 66.5 cm³/mol. The van der Waals surface area contributed by atoms with Crippen molar-refractivity contribution in [1.82, 2.24) is 9.24 Å². The van der Waals surface area contributed by atoms with E-state index in [-0.39, 0.29) is 0 Å². The molecule has 0 unspecified atom stereocenters. The summed E-state index contributed by atoms with van der Waals surface area (Å²) in [4.78, 5) is 24.0. The largest absolute Gasteiger partial charge is 0.378 e. The molecule has 0 amide bonds. The third kappa shape index (κ3) is 2.20. The Hall–Kier alpha value is -1.56. The smallest absolute Gasteiger partial charge is 0.334 e. The molecule has 2 fully saturated rings. The van der Waals surface area contributed by atoms with Gasteiger partial charge in [-0.25, -0.2) is 4.68 Å². The first-order valence-corrected chi connectivity index (χ1v) is 6.41. The Morgan fingerprint density at radius 1 is 1.11 bits per heavy atom. The average Bonchev–Trinajstić information content (AvgIpc) is 3.20. The highest BCUT2D eigenvalue weighted by atomic mass is 16.5. The van der Waals surface area contributed by atoms with E-state index in [0.29, 0.717) is 38.8 Å². The van der Waals surface area contributed by atoms with E-state index >= 15 is 0 Å². The number of rotatable bonds is 3. The Kier molecular flexibility index (Phi) is 2.95. The molecule has 1 aromatic heterocycles. The molecule has 18 heavy (non-hydrogen) atoms. The van der Waals surface area contributed by atoms with E-state index in [2.05, 4.69) is 0 Å². The lowest BCUT2D eigenvalue weighted by Gasteiger charge is -2.29. The van der Waals surface area contributed by atoms with Gasteiger partial charge in [-0.15, -0.1) is 0 Å². The molecule has 1 saturated carbocycles. The van der Waals surface area contributed by atoms with Gasteiger partial charge in [0.15, 0.2) is 0 Å². The van der Waals surface area contributed by atoms with E-state index in [0.717, 1.165) is 0 Å². The van der Waals surface area contributed by atoms with Gasteiger partial charge in [-0.2, -0.15) is 0 Å². The van der Waals surface area contributed by atoms with Crippen molar-refractivity contribution >= 4 is 0 Å². The molecule has 1 aliphatic heterocycles. The molecule has 3 rings (SSSR count). The molecule has 1 aliphatic carbocycles. The van der Waals surface area contributed by atoms with Crippen LogP contribution in [-0.4, -0.2) is 35.5 Å². The summed E-state index contributed by atoms with van der Waals surface area (Å²) < 4.78 is 8.20. The third-order valence-corrected chi connectivity index (χ3v) is 3.48. The molecule has 1 aromatic rings. The van der Waals surface area contributed by atoms with Crippen LogP contribution in [0.1, 0.15) is 12.8 Å². The first kappa shape index (κ1) is 11.5. The molecule has 0 atom stereocenters. The second kappa shape index (κ2) is 4.61. The quantitative estimate of drug-likeness (QED) is 0.672. The molecule has 6 nitrogen and oxygen atoms in total. The molecule has 0 aromatic carbocycles. The average molecular weight is 251 g/mol. The van der Waals surface area contributed by atoms with Crippen LogP contribution in [0.4, 0.5) is 0 Å². The number of aromatic nitrogens is 2. The highest BCUT2D eigenvalue weighted by Crippen LogP contribution is 2.29. The van der Waals surface area contributed by atoms with Crippen LogP contribution in [0.15, 0.2) is 22.0 Å². The van der Waals surface area contributed by atoms with E-state index in [1.165, 1.54) is 22.1 Å². The summed E-state index contributed by atoms with van der Waals surface area (Å²) in [6.07, 6.45) is 5.74. The minimum atomic E-state index is -0.458. The number of ether oxygens (including phenoxy) is 1. The van der Waals surface area contributed by atoms with Gasteiger partial charge in [-0.05, 0) is 18.8 Å². The topological polar surface area (TPSA) is 56.5 Å². The molecule has 1 saturated heterocycles. The van der Waals surface area contributed by atoms with Gasteiger partial charge in [0, 0.05) is 18.9 Å². The molecule has 2 heterocycles. The molecule has 6 heteroatoms. The SMILES string of the molecule is O=c1c(=O)n(N2CCOCC2)ccn1CC1CC1. The van der Waals surface area contributed by atoms with Crippen LogP contribution in [-0.2, 0) is 11.3 Å². The summed E-state index contributed by atoms with van der Waals surface area (Å²) in [7, 11) is 0. The molecule has 0 radical (unpaired) electrons. The van der Waals surface area contributed by atoms with Crippen molar-refractivity contribution in [1.29, 1.82) is 0 Å². The zero-order chi connectivity index (χ0) is 12.5. The van der Waals surface area contributed by atoms with Crippen molar-refractivity contribution in [3.05, 3.63) is 33.1 Å². The summed E-state index contributed by atoms with van der Waals surface area (Å²) in [6, 6.07) is 0. The predicted octanol–water partition coefficient (Wildman–Crippen LogP) is -0.612. The molecule has 0 bridgehead atoms. The van der Waals surface area contributed by atoms with Gasteiger partial charge in [0.1, 0.15) is 0 Å². The highest BCUT2D eigenvalue weighted by molar-refractivity contribution is 4.95. The van der Waals surface area contributed by atoms with Crippen molar-refractivity contribution in [3.8, 4) is 0 Å². The molecular weight excluding hydrogens is 234 g/mol. The van der Waals surface area contributed by atoms with Gasteiger partial charge < -0.3 is 14.3 Å². The van der Waals surface area contributed by atoms with Crippen LogP contribution < -0.4 is 16.1 Å². The first-order chi connectivity index (χ1) is 8.75. The fraction of sp³-hybridized carbons (Fsp3) is 0.667. The van der Waals surface area contributed by atoms with Crippen molar-refractivity contribution in [2.75, 3.05) is 31.3 Å². The number of hydrogen-bond acceptors (Lipinski definition) is 4. The van der Waals surface area contributed by atoms with E-state index in [9.17, 15) is 9.59 Å². The molecule has 2 aliphatic rings. The minimum Gasteiger partial charge on any atom is -0.378 e. The van der Waals surface area contributed by atoms with Gasteiger partial charge in [0.05, 0.1) is 26.3 Å². The van der Waals surface area contributed by atoms with Crippen molar-refractivity contribution in [2.45, 2.75) is 19.4 Å². The normalized spacial score (nSPS) is 20.1. The summed E-state index contributed by atoms with van der Waals surface area (Å²) in [5, 5.41) is 1.86. The van der Waals surface area contributed by atoms with Crippen LogP contribution in [0.5, 0.6) is 0 Å². The van der Waals surface area contributed by atoms with E-state index in [4.69, 9.17) is 4.74 Å². The van der Waals surface area contributed by atoms with Crippen LogP contribution in [0.25, 0.3) is 0 Å². The van der Waals surface area contributed by atoms with Crippen molar-refractivity contribution in [2.24, 2.45) is 5.92 Å². The fourth-order valence-electron chi connectivity index (χ4n) is 2.21. The minimum absolute atomic E-state index is 0.420. The Morgan fingerprint density at radius 2 is 1.83 bits per heavy atom. The second-order valence-electron chi connectivity index (χ2n) is 4.91. The third-order valence-electron chi connectivity index (χ3n) is 3.48. The molecule has 0 N–H and O–H groups in total. The van der Waals surface area contributed by atoms with Crippen LogP contribution in [0, 0.1) is 5.92 Å². The number of nitrogens with zero attached hydrogens (tertiary/aromatic N) is 3. The maximum Gasteiger partial charge on any atom is 0.334 e. The Labute approximate surface area is 104 Å². The van der Waals surface area contributed by atoms with Crippen LogP contribution in [0.2, 0.25) is 0 Å². The first-order valence-electron chi connectivity index (χ1n) is 6.41. The maximum atomic E-state index is 12.0. The van der Waals surface area contributed by atoms with Gasteiger partial charge in [0.25, 0.3) is 0 Å². The molecule has 98 valence electrons. The van der Waals surface area contributed by atoms with E-state index in [1.54, 1.807) is 12.4 Å². The number of morpholine rings is 1. The van der Waals surface area contributed by atoms with Crippen LogP contribution in [0.3, 0.4) is 0 Å². The lowest BCUT2D eigenvalue weighted by molar-refractivity contribution is 0.110. The summed E-state index contributed by atoms with van der Waals surface area (Å²) in [6.45, 7) is 3.16. The van der Waals surface area contributed by atoms with E-state index in [1.807, 2.05) is 5.01 Å². The Morgan fingerprint density at radius 3 is 2.50 bits per heavy atom. The lowest BCUT2D eigenvalue weighted by Crippen LogP contribution is -2.53.